The van der Waals surface area contributed by atoms with Crippen LogP contribution in [-0.4, -0.2) is 60.6 Å². The van der Waals surface area contributed by atoms with Crippen LogP contribution in [0.1, 0.15) is 31.6 Å². The minimum Gasteiger partial charge on any atom is -0.373 e. The third-order valence-corrected chi connectivity index (χ3v) is 5.76. The maximum Gasteiger partial charge on any atom is 0.227 e. The SMILES string of the molecule is C[C@@H]1CN(CC2CCN(C(=O)Cc3cccs3)CC2)C[C@H](C)O1. The summed E-state index contributed by atoms with van der Waals surface area (Å²) in [6, 6.07) is 4.07. The van der Waals surface area contributed by atoms with Crippen LogP contribution < -0.4 is 0 Å². The van der Waals surface area contributed by atoms with Gasteiger partial charge in [0.1, 0.15) is 0 Å². The molecule has 0 radical (unpaired) electrons. The molecule has 2 aliphatic rings. The van der Waals surface area contributed by atoms with Crippen LogP contribution in [0, 0.1) is 5.92 Å². The van der Waals surface area contributed by atoms with Crippen LogP contribution in [0.3, 0.4) is 0 Å². The fraction of sp³-hybridized carbons (Fsp3) is 0.722. The number of thiophene rings is 1. The predicted molar refractivity (Wildman–Crippen MR) is 93.8 cm³/mol. The van der Waals surface area contributed by atoms with Gasteiger partial charge in [-0.05, 0) is 44.1 Å². The van der Waals surface area contributed by atoms with E-state index in [-0.39, 0.29) is 0 Å². The molecule has 128 valence electrons. The smallest absolute Gasteiger partial charge is 0.227 e. The van der Waals surface area contributed by atoms with Crippen LogP contribution in [0.2, 0.25) is 0 Å². The summed E-state index contributed by atoms with van der Waals surface area (Å²) in [7, 11) is 0. The third-order valence-electron chi connectivity index (χ3n) is 4.88. The lowest BCUT2D eigenvalue weighted by Gasteiger charge is -2.39. The number of nitrogens with zero attached hydrogens (tertiary/aromatic N) is 2. The first-order chi connectivity index (χ1) is 11.1. The van der Waals surface area contributed by atoms with E-state index in [0.717, 1.165) is 51.5 Å². The van der Waals surface area contributed by atoms with Crippen molar-refractivity contribution < 1.29 is 9.53 Å². The van der Waals surface area contributed by atoms with Gasteiger partial charge in [0.25, 0.3) is 0 Å². The molecule has 3 rings (SSSR count). The van der Waals surface area contributed by atoms with Crippen molar-refractivity contribution >= 4 is 17.2 Å². The molecule has 3 heterocycles. The van der Waals surface area contributed by atoms with Gasteiger partial charge in [0, 0.05) is 37.6 Å². The van der Waals surface area contributed by atoms with Gasteiger partial charge in [-0.15, -0.1) is 11.3 Å². The molecule has 4 nitrogen and oxygen atoms in total. The molecule has 1 aromatic heterocycles. The van der Waals surface area contributed by atoms with Gasteiger partial charge in [0.05, 0.1) is 18.6 Å². The molecule has 0 unspecified atom stereocenters. The van der Waals surface area contributed by atoms with Crippen molar-refractivity contribution in [3.8, 4) is 0 Å². The largest absolute Gasteiger partial charge is 0.373 e. The molecule has 0 aliphatic carbocycles. The zero-order valence-electron chi connectivity index (χ0n) is 14.2. The van der Waals surface area contributed by atoms with Crippen molar-refractivity contribution in [3.63, 3.8) is 0 Å². The Hall–Kier alpha value is -0.910. The van der Waals surface area contributed by atoms with Gasteiger partial charge in [-0.25, -0.2) is 0 Å². The number of ether oxygens (including phenoxy) is 1. The van der Waals surface area contributed by atoms with E-state index in [0.29, 0.717) is 24.5 Å². The summed E-state index contributed by atoms with van der Waals surface area (Å²) in [5, 5.41) is 2.04. The van der Waals surface area contributed by atoms with Crippen molar-refractivity contribution in [2.75, 3.05) is 32.7 Å². The van der Waals surface area contributed by atoms with Crippen molar-refractivity contribution in [3.05, 3.63) is 22.4 Å². The first-order valence-corrected chi connectivity index (χ1v) is 9.66. The normalized spacial score (nSPS) is 27.3. The summed E-state index contributed by atoms with van der Waals surface area (Å²) in [6.07, 6.45) is 3.52. The maximum absolute atomic E-state index is 12.4. The molecule has 0 spiro atoms. The maximum atomic E-state index is 12.4. The molecule has 0 N–H and O–H groups in total. The van der Waals surface area contributed by atoms with Crippen LogP contribution in [0.25, 0.3) is 0 Å². The lowest BCUT2D eigenvalue weighted by atomic mass is 9.95. The van der Waals surface area contributed by atoms with Crippen molar-refractivity contribution in [2.24, 2.45) is 5.92 Å². The molecular weight excluding hydrogens is 308 g/mol. The predicted octanol–water partition coefficient (Wildman–Crippen LogP) is 2.64. The molecule has 2 aliphatic heterocycles. The molecule has 23 heavy (non-hydrogen) atoms. The number of hydrogen-bond donors (Lipinski definition) is 0. The van der Waals surface area contributed by atoms with Crippen LogP contribution >= 0.6 is 11.3 Å². The molecule has 0 aromatic carbocycles. The number of hydrogen-bond acceptors (Lipinski definition) is 4. The lowest BCUT2D eigenvalue weighted by Crippen LogP contribution is -2.48. The minimum absolute atomic E-state index is 0.291. The second kappa shape index (κ2) is 7.77. The summed E-state index contributed by atoms with van der Waals surface area (Å²) < 4.78 is 5.81. The molecule has 2 atom stereocenters. The first-order valence-electron chi connectivity index (χ1n) is 8.78. The molecule has 2 saturated heterocycles. The van der Waals surface area contributed by atoms with E-state index in [4.69, 9.17) is 4.74 Å². The van der Waals surface area contributed by atoms with Crippen LogP contribution in [0.15, 0.2) is 17.5 Å². The first kappa shape index (κ1) is 16.9. The highest BCUT2D eigenvalue weighted by Gasteiger charge is 2.27. The van der Waals surface area contributed by atoms with Gasteiger partial charge in [0.2, 0.25) is 5.91 Å². The standard InChI is InChI=1S/C18H28N2O2S/c1-14-11-19(12-15(2)22-14)13-16-5-7-20(8-6-16)18(21)10-17-4-3-9-23-17/h3-4,9,14-16H,5-8,10-13H2,1-2H3/t14-,15+. The number of rotatable bonds is 4. The fourth-order valence-corrected chi connectivity index (χ4v) is 4.53. The molecule has 0 saturated carbocycles. The molecule has 1 aromatic rings. The van der Waals surface area contributed by atoms with E-state index in [2.05, 4.69) is 29.7 Å². The van der Waals surface area contributed by atoms with E-state index >= 15 is 0 Å². The third kappa shape index (κ3) is 4.78. The zero-order valence-corrected chi connectivity index (χ0v) is 15.1. The van der Waals surface area contributed by atoms with Gasteiger partial charge in [-0.2, -0.15) is 0 Å². The van der Waals surface area contributed by atoms with E-state index in [9.17, 15) is 4.79 Å². The van der Waals surface area contributed by atoms with E-state index in [1.807, 2.05) is 11.4 Å². The van der Waals surface area contributed by atoms with Crippen molar-refractivity contribution in [2.45, 2.75) is 45.3 Å². The van der Waals surface area contributed by atoms with Crippen molar-refractivity contribution in [1.82, 2.24) is 9.80 Å². The topological polar surface area (TPSA) is 32.8 Å². The van der Waals surface area contributed by atoms with Gasteiger partial charge in [-0.1, -0.05) is 6.07 Å². The Kier molecular flexibility index (Phi) is 5.72. The number of amides is 1. The van der Waals surface area contributed by atoms with E-state index in [1.54, 1.807) is 11.3 Å². The highest BCUT2D eigenvalue weighted by molar-refractivity contribution is 7.10. The second-order valence-electron chi connectivity index (χ2n) is 7.06. The summed E-state index contributed by atoms with van der Waals surface area (Å²) in [4.78, 5) is 18.1. The molecule has 5 heteroatoms. The van der Waals surface area contributed by atoms with Crippen LogP contribution in [0.5, 0.6) is 0 Å². The summed E-state index contributed by atoms with van der Waals surface area (Å²) >= 11 is 1.67. The van der Waals surface area contributed by atoms with Crippen LogP contribution in [-0.2, 0) is 16.0 Å². The fourth-order valence-electron chi connectivity index (χ4n) is 3.84. The minimum atomic E-state index is 0.291. The van der Waals surface area contributed by atoms with Crippen LogP contribution in [0.4, 0.5) is 0 Å². The average Bonchev–Trinajstić information content (AvgIpc) is 3.00. The Balaban J connectivity index is 1.42. The number of carbonyl (C=O) groups excluding carboxylic acids is 1. The van der Waals surface area contributed by atoms with Gasteiger partial charge in [0.15, 0.2) is 0 Å². The summed E-state index contributed by atoms with van der Waals surface area (Å²) in [5.74, 6) is 1.01. The molecule has 0 bridgehead atoms. The summed E-state index contributed by atoms with van der Waals surface area (Å²) in [5.41, 5.74) is 0. The van der Waals surface area contributed by atoms with Crippen molar-refractivity contribution in [1.29, 1.82) is 0 Å². The van der Waals surface area contributed by atoms with Gasteiger partial charge >= 0.3 is 0 Å². The monoisotopic (exact) mass is 336 g/mol. The van der Waals surface area contributed by atoms with Gasteiger partial charge in [-0.3, -0.25) is 9.69 Å². The second-order valence-corrected chi connectivity index (χ2v) is 8.09. The zero-order chi connectivity index (χ0) is 16.2. The molecule has 2 fully saturated rings. The Morgan fingerprint density at radius 1 is 1.26 bits per heavy atom. The van der Waals surface area contributed by atoms with E-state index < -0.39 is 0 Å². The Labute approximate surface area is 143 Å². The Morgan fingerprint density at radius 2 is 1.96 bits per heavy atom. The highest BCUT2D eigenvalue weighted by Crippen LogP contribution is 2.22. The molecular formula is C18H28N2O2S. The number of carbonyl (C=O) groups is 1. The molecule has 1 amide bonds. The van der Waals surface area contributed by atoms with E-state index in [1.165, 1.54) is 4.88 Å². The quantitative estimate of drug-likeness (QED) is 0.847. The summed E-state index contributed by atoms with van der Waals surface area (Å²) in [6.45, 7) is 9.41. The van der Waals surface area contributed by atoms with Gasteiger partial charge < -0.3 is 9.64 Å². The Morgan fingerprint density at radius 3 is 2.57 bits per heavy atom. The highest BCUT2D eigenvalue weighted by atomic mass is 32.1. The number of piperidine rings is 1. The lowest BCUT2D eigenvalue weighted by molar-refractivity contribution is -0.132. The number of likely N-dealkylation sites (tertiary alicyclic amines) is 1. The Bertz CT molecular complexity index is 487. The average molecular weight is 337 g/mol. The number of morpholine rings is 1.